The van der Waals surface area contributed by atoms with Crippen LogP contribution in [-0.4, -0.2) is 52.1 Å². The Bertz CT molecular complexity index is 2280. The van der Waals surface area contributed by atoms with Crippen LogP contribution in [0, 0.1) is 0 Å². The summed E-state index contributed by atoms with van der Waals surface area (Å²) in [6.07, 6.45) is 0.403. The van der Waals surface area contributed by atoms with Crippen LogP contribution in [-0.2, 0) is 20.6 Å². The van der Waals surface area contributed by atoms with Gasteiger partial charge >= 0.3 is 5.97 Å². The van der Waals surface area contributed by atoms with Gasteiger partial charge in [0.1, 0.15) is 11.5 Å². The molecule has 6 rings (SSSR count). The van der Waals surface area contributed by atoms with E-state index in [4.69, 9.17) is 47.5 Å². The van der Waals surface area contributed by atoms with Crippen molar-refractivity contribution in [2.24, 2.45) is 5.73 Å². The molecule has 0 saturated heterocycles. The summed E-state index contributed by atoms with van der Waals surface area (Å²) in [5.74, 6) is 2.80. The first-order valence-electron chi connectivity index (χ1n) is 18.9. The van der Waals surface area contributed by atoms with E-state index in [1.54, 1.807) is 18.2 Å². The Morgan fingerprint density at radius 3 is 1.48 bits per heavy atom. The van der Waals surface area contributed by atoms with E-state index in [-0.39, 0.29) is 23.7 Å². The lowest BCUT2D eigenvalue weighted by Gasteiger charge is -2.27. The van der Waals surface area contributed by atoms with Crippen LogP contribution in [0.3, 0.4) is 0 Å². The first kappa shape index (κ1) is 43.8. The molecule has 0 aliphatic carbocycles. The zero-order chi connectivity index (χ0) is 42.2. The van der Waals surface area contributed by atoms with Crippen LogP contribution in [0.15, 0.2) is 94.0 Å². The summed E-state index contributed by atoms with van der Waals surface area (Å²) in [6.45, 7) is 16.4. The van der Waals surface area contributed by atoms with Crippen LogP contribution >= 0.6 is 23.2 Å². The lowest BCUT2D eigenvalue weighted by molar-refractivity contribution is -0.140. The quantitative estimate of drug-likeness (QED) is 0.100. The molecule has 14 heteroatoms. The number of benzene rings is 4. The molecule has 306 valence electrons. The average molecular weight is 830 g/mol. The van der Waals surface area contributed by atoms with Gasteiger partial charge in [-0.1, -0.05) is 57.8 Å². The van der Waals surface area contributed by atoms with Crippen molar-refractivity contribution < 1.29 is 28.1 Å². The predicted molar refractivity (Wildman–Crippen MR) is 227 cm³/mol. The van der Waals surface area contributed by atoms with Crippen molar-refractivity contribution in [1.29, 1.82) is 0 Å². The molecule has 6 aromatic rings. The molecule has 0 bridgehead atoms. The Morgan fingerprint density at radius 2 is 1.10 bits per heavy atom. The third-order valence-corrected chi connectivity index (χ3v) is 9.40. The van der Waals surface area contributed by atoms with E-state index in [0.717, 1.165) is 33.4 Å². The topological polar surface area (TPSA) is 161 Å². The third kappa shape index (κ3) is 11.7. The molecular weight excluding hydrogens is 779 g/mol. The second-order valence-corrected chi connectivity index (χ2v) is 16.0. The number of ether oxygens (including phenoxy) is 3. The zero-order valence-corrected chi connectivity index (χ0v) is 35.7. The van der Waals surface area contributed by atoms with Crippen molar-refractivity contribution in [2.45, 2.75) is 85.1 Å². The first-order chi connectivity index (χ1) is 27.4. The van der Waals surface area contributed by atoms with Gasteiger partial charge in [-0.15, -0.1) is 0 Å². The van der Waals surface area contributed by atoms with Gasteiger partial charge in [0.15, 0.2) is 0 Å². The zero-order valence-electron chi connectivity index (χ0n) is 34.2. The molecule has 12 nitrogen and oxygen atoms in total. The maximum atomic E-state index is 11.3. The number of methoxy groups -OCH3 is 1. The van der Waals surface area contributed by atoms with Crippen LogP contribution in [0.5, 0.6) is 11.5 Å². The van der Waals surface area contributed by atoms with E-state index in [2.05, 4.69) is 44.2 Å². The highest BCUT2D eigenvalue weighted by Crippen LogP contribution is 2.33. The number of nitrogens with zero attached hydrogens (tertiary/aromatic N) is 4. The number of hydrogen-bond donors (Lipinski definition) is 2. The van der Waals surface area contributed by atoms with E-state index >= 15 is 0 Å². The number of rotatable bonds is 14. The van der Waals surface area contributed by atoms with Crippen molar-refractivity contribution in [1.82, 2.24) is 25.6 Å². The second-order valence-electron chi connectivity index (χ2n) is 15.2. The van der Waals surface area contributed by atoms with Crippen LogP contribution in [0.1, 0.15) is 72.9 Å². The summed E-state index contributed by atoms with van der Waals surface area (Å²) in [5.41, 5.74) is 10.7. The van der Waals surface area contributed by atoms with E-state index < -0.39 is 5.54 Å². The van der Waals surface area contributed by atoms with Gasteiger partial charge in [-0.05, 0) is 127 Å². The smallest absolute Gasteiger partial charge is 0.306 e. The summed E-state index contributed by atoms with van der Waals surface area (Å²) < 4.78 is 26.9. The molecule has 2 aromatic heterocycles. The molecule has 0 unspecified atom stereocenters. The standard InChI is InChI=1S/C24H28ClN3O4.C20H22ClN3O2/c1-15(2)31-20-11-8-17(14-19(20)25)22-27-23(32-28-22)16-6-9-18(10-7-16)24(3,4)26-13-12-21(29)30-5;1-12(2)25-17-10-7-14(11-16(17)21)18-23-19(26-24-18)13-5-8-15(9-6-13)20(3,4)22/h6-11,14-15,26H,12-13H2,1-5H3;5-12H,22H2,1-4H3. The lowest BCUT2D eigenvalue weighted by Crippen LogP contribution is -2.37. The van der Waals surface area contributed by atoms with Crippen molar-refractivity contribution in [3.8, 4) is 57.2 Å². The minimum absolute atomic E-state index is 0.0334. The summed E-state index contributed by atoms with van der Waals surface area (Å²) >= 11 is 12.6. The van der Waals surface area contributed by atoms with Crippen LogP contribution in [0.4, 0.5) is 0 Å². The second kappa shape index (κ2) is 19.0. The fraction of sp³-hybridized carbons (Fsp3) is 0.341. The molecule has 0 aliphatic rings. The molecule has 0 spiro atoms. The van der Waals surface area contributed by atoms with Crippen molar-refractivity contribution in [3.05, 3.63) is 106 Å². The number of nitrogens with two attached hydrogens (primary N) is 1. The number of halogens is 2. The SMILES string of the molecule is CC(C)Oc1ccc(-c2noc(-c3ccc(C(C)(C)N)cc3)n2)cc1Cl.COC(=O)CCNC(C)(C)c1ccc(-c2nc(-c3ccc(OC(C)C)c(Cl)c3)no2)cc1. The molecule has 4 aromatic carbocycles. The molecular formula is C44H50Cl2N6O6. The highest BCUT2D eigenvalue weighted by Gasteiger charge is 2.21. The van der Waals surface area contributed by atoms with E-state index in [9.17, 15) is 4.79 Å². The van der Waals surface area contributed by atoms with Crippen LogP contribution in [0.2, 0.25) is 10.0 Å². The van der Waals surface area contributed by atoms with Gasteiger partial charge in [0, 0.05) is 39.9 Å². The number of aromatic nitrogens is 4. The predicted octanol–water partition coefficient (Wildman–Crippen LogP) is 10.3. The number of carbonyl (C=O) groups excluding carboxylic acids is 1. The monoisotopic (exact) mass is 828 g/mol. The van der Waals surface area contributed by atoms with Crippen LogP contribution < -0.4 is 20.5 Å². The van der Waals surface area contributed by atoms with Gasteiger partial charge in [-0.2, -0.15) is 9.97 Å². The Morgan fingerprint density at radius 1 is 0.690 bits per heavy atom. The highest BCUT2D eigenvalue weighted by atomic mass is 35.5. The summed E-state index contributed by atoms with van der Waals surface area (Å²) in [6, 6.07) is 26.5. The number of carbonyl (C=O) groups is 1. The van der Waals surface area contributed by atoms with Gasteiger partial charge in [0.25, 0.3) is 11.8 Å². The molecule has 58 heavy (non-hydrogen) atoms. The van der Waals surface area contributed by atoms with Gasteiger partial charge in [-0.3, -0.25) is 4.79 Å². The number of nitrogens with one attached hydrogen (secondary N) is 1. The lowest BCUT2D eigenvalue weighted by atomic mass is 9.93. The van der Waals surface area contributed by atoms with Gasteiger partial charge < -0.3 is 34.3 Å². The molecule has 0 amide bonds. The van der Waals surface area contributed by atoms with E-state index in [1.165, 1.54) is 7.11 Å². The Balaban J connectivity index is 0.000000226. The van der Waals surface area contributed by atoms with Crippen molar-refractivity contribution >= 4 is 29.2 Å². The minimum Gasteiger partial charge on any atom is -0.489 e. The highest BCUT2D eigenvalue weighted by molar-refractivity contribution is 6.32. The van der Waals surface area contributed by atoms with Gasteiger partial charge in [0.2, 0.25) is 11.6 Å². The Labute approximate surface area is 349 Å². The Kier molecular flexibility index (Phi) is 14.4. The fourth-order valence-corrected chi connectivity index (χ4v) is 6.10. The van der Waals surface area contributed by atoms with Gasteiger partial charge in [0.05, 0.1) is 35.8 Å². The van der Waals surface area contributed by atoms with Crippen molar-refractivity contribution in [3.63, 3.8) is 0 Å². The maximum Gasteiger partial charge on any atom is 0.306 e. The molecule has 0 saturated carbocycles. The third-order valence-electron chi connectivity index (χ3n) is 8.81. The summed E-state index contributed by atoms with van der Waals surface area (Å²) in [7, 11) is 1.39. The summed E-state index contributed by atoms with van der Waals surface area (Å²) in [4.78, 5) is 20.3. The normalized spacial score (nSPS) is 11.7. The van der Waals surface area contributed by atoms with Crippen molar-refractivity contribution in [2.75, 3.05) is 13.7 Å². The minimum atomic E-state index is -0.394. The molecule has 0 radical (unpaired) electrons. The molecule has 3 N–H and O–H groups in total. The van der Waals surface area contributed by atoms with Gasteiger partial charge in [-0.25, -0.2) is 0 Å². The fourth-order valence-electron chi connectivity index (χ4n) is 5.65. The molecule has 0 fully saturated rings. The van der Waals surface area contributed by atoms with E-state index in [0.29, 0.717) is 57.9 Å². The number of hydrogen-bond acceptors (Lipinski definition) is 12. The van der Waals surface area contributed by atoms with Crippen LogP contribution in [0.25, 0.3) is 45.7 Å². The van der Waals surface area contributed by atoms with E-state index in [1.807, 2.05) is 108 Å². The first-order valence-corrected chi connectivity index (χ1v) is 19.6. The summed E-state index contributed by atoms with van der Waals surface area (Å²) in [5, 5.41) is 12.5. The molecule has 0 atom stereocenters. The molecule has 0 aliphatic heterocycles. The molecule has 2 heterocycles. The largest absolute Gasteiger partial charge is 0.489 e. The Hall–Kier alpha value is -5.27. The maximum absolute atomic E-state index is 11.3. The average Bonchev–Trinajstić information content (AvgIpc) is 3.88. The number of esters is 1.